The highest BCUT2D eigenvalue weighted by Crippen LogP contribution is 2.30. The van der Waals surface area contributed by atoms with Crippen molar-refractivity contribution in [2.24, 2.45) is 13.0 Å². The number of nitrogens with one attached hydrogen (secondary N) is 1. The van der Waals surface area contributed by atoms with E-state index in [0.717, 1.165) is 36.6 Å². The molecule has 7 heteroatoms. The molecule has 0 radical (unpaired) electrons. The van der Waals surface area contributed by atoms with Gasteiger partial charge in [-0.3, -0.25) is 4.79 Å². The fourth-order valence-electron chi connectivity index (χ4n) is 3.91. The third kappa shape index (κ3) is 3.35. The lowest BCUT2D eigenvalue weighted by molar-refractivity contribution is -0.134. The first kappa shape index (κ1) is 16.7. The molecule has 0 spiro atoms. The standard InChI is InChI=1S/C18H25N5OS/c1-22-9-15(20-11-22)12-7-19-8-13(12)18(24)23(2)10-17-21-14-5-3-4-6-16(14)25-17/h9,11-13,19H,3-8,10H2,1-2H3/t12-,13-/m1/s1. The Morgan fingerprint density at radius 3 is 3.00 bits per heavy atom. The van der Waals surface area contributed by atoms with Crippen LogP contribution in [0.25, 0.3) is 0 Å². The first-order valence-electron chi connectivity index (χ1n) is 9.03. The summed E-state index contributed by atoms with van der Waals surface area (Å²) in [6, 6.07) is 0. The third-order valence-electron chi connectivity index (χ3n) is 5.27. The van der Waals surface area contributed by atoms with Crippen LogP contribution in [-0.2, 0) is 31.2 Å². The van der Waals surface area contributed by atoms with Gasteiger partial charge in [-0.15, -0.1) is 11.3 Å². The minimum absolute atomic E-state index is 0.0468. The molecule has 2 aromatic heterocycles. The van der Waals surface area contributed by atoms with E-state index in [1.165, 1.54) is 23.4 Å². The molecule has 1 N–H and O–H groups in total. The van der Waals surface area contributed by atoms with Crippen LogP contribution >= 0.6 is 11.3 Å². The van der Waals surface area contributed by atoms with Gasteiger partial charge in [0.15, 0.2) is 0 Å². The van der Waals surface area contributed by atoms with Crippen LogP contribution in [0.3, 0.4) is 0 Å². The number of carbonyl (C=O) groups is 1. The minimum Gasteiger partial charge on any atom is -0.340 e. The molecule has 0 aromatic carbocycles. The Morgan fingerprint density at radius 1 is 1.40 bits per heavy atom. The molecule has 0 saturated carbocycles. The normalized spacial score (nSPS) is 22.8. The summed E-state index contributed by atoms with van der Waals surface area (Å²) in [4.78, 5) is 25.5. The number of aromatic nitrogens is 3. The maximum Gasteiger partial charge on any atom is 0.227 e. The number of carbonyl (C=O) groups excluding carboxylic acids is 1. The van der Waals surface area contributed by atoms with Crippen molar-refractivity contribution in [3.05, 3.63) is 33.8 Å². The Morgan fingerprint density at radius 2 is 2.24 bits per heavy atom. The van der Waals surface area contributed by atoms with Crippen LogP contribution in [0, 0.1) is 5.92 Å². The topological polar surface area (TPSA) is 63.1 Å². The van der Waals surface area contributed by atoms with Crippen LogP contribution < -0.4 is 5.32 Å². The largest absolute Gasteiger partial charge is 0.340 e. The summed E-state index contributed by atoms with van der Waals surface area (Å²) in [7, 11) is 3.86. The van der Waals surface area contributed by atoms with Crippen molar-refractivity contribution in [3.8, 4) is 0 Å². The van der Waals surface area contributed by atoms with Crippen LogP contribution in [0.1, 0.15) is 40.0 Å². The van der Waals surface area contributed by atoms with Crippen molar-refractivity contribution in [1.29, 1.82) is 0 Å². The summed E-state index contributed by atoms with van der Waals surface area (Å²) in [6.07, 6.45) is 8.58. The molecule has 1 fully saturated rings. The van der Waals surface area contributed by atoms with Gasteiger partial charge in [0.1, 0.15) is 5.01 Å². The van der Waals surface area contributed by atoms with E-state index >= 15 is 0 Å². The van der Waals surface area contributed by atoms with Gasteiger partial charge in [0.05, 0.1) is 30.2 Å². The Kier molecular flexibility index (Phi) is 4.60. The Balaban J connectivity index is 1.45. The van der Waals surface area contributed by atoms with Gasteiger partial charge in [0.25, 0.3) is 0 Å². The highest BCUT2D eigenvalue weighted by molar-refractivity contribution is 7.11. The molecule has 3 heterocycles. The van der Waals surface area contributed by atoms with E-state index in [0.29, 0.717) is 6.54 Å². The first-order chi connectivity index (χ1) is 12.1. The van der Waals surface area contributed by atoms with Crippen LogP contribution in [0.5, 0.6) is 0 Å². The Hall–Kier alpha value is -1.73. The maximum atomic E-state index is 13.0. The molecule has 1 aliphatic heterocycles. The number of thiazole rings is 1. The third-order valence-corrected chi connectivity index (χ3v) is 6.42. The van der Waals surface area contributed by atoms with E-state index in [9.17, 15) is 4.79 Å². The van der Waals surface area contributed by atoms with Gasteiger partial charge >= 0.3 is 0 Å². The van der Waals surface area contributed by atoms with Crippen molar-refractivity contribution in [1.82, 2.24) is 24.8 Å². The summed E-state index contributed by atoms with van der Waals surface area (Å²) in [5, 5.41) is 4.43. The van der Waals surface area contributed by atoms with Crippen molar-refractivity contribution < 1.29 is 4.79 Å². The Bertz CT molecular complexity index is 744. The van der Waals surface area contributed by atoms with Crippen molar-refractivity contribution in [3.63, 3.8) is 0 Å². The molecule has 1 saturated heterocycles. The van der Waals surface area contributed by atoms with E-state index in [1.54, 1.807) is 17.7 Å². The summed E-state index contributed by atoms with van der Waals surface area (Å²) in [5.74, 6) is 0.295. The molecule has 4 rings (SSSR count). The van der Waals surface area contributed by atoms with Gasteiger partial charge < -0.3 is 14.8 Å². The molecule has 134 valence electrons. The SMILES string of the molecule is CN(Cc1nc2c(s1)CCCC2)C(=O)[C@@H]1CNC[C@H]1c1cn(C)cn1. The smallest absolute Gasteiger partial charge is 0.227 e. The van der Waals surface area contributed by atoms with Crippen LogP contribution in [0.4, 0.5) is 0 Å². The molecular weight excluding hydrogens is 334 g/mol. The highest BCUT2D eigenvalue weighted by Gasteiger charge is 2.37. The number of nitrogens with zero attached hydrogens (tertiary/aromatic N) is 4. The first-order valence-corrected chi connectivity index (χ1v) is 9.84. The maximum absolute atomic E-state index is 13.0. The van der Waals surface area contributed by atoms with Gasteiger partial charge in [-0.25, -0.2) is 9.97 Å². The average molecular weight is 359 g/mol. The van der Waals surface area contributed by atoms with E-state index < -0.39 is 0 Å². The number of rotatable bonds is 4. The second kappa shape index (κ2) is 6.88. The van der Waals surface area contributed by atoms with Crippen LogP contribution in [0.15, 0.2) is 12.5 Å². The number of hydrogen-bond acceptors (Lipinski definition) is 5. The molecule has 25 heavy (non-hydrogen) atoms. The second-order valence-corrected chi connectivity index (χ2v) is 8.38. The van der Waals surface area contributed by atoms with Gasteiger partial charge in [-0.1, -0.05) is 0 Å². The molecule has 0 unspecified atom stereocenters. The summed E-state index contributed by atoms with van der Waals surface area (Å²) in [5.41, 5.74) is 2.27. The van der Waals surface area contributed by atoms with Crippen LogP contribution in [0.2, 0.25) is 0 Å². The average Bonchev–Trinajstić information content (AvgIpc) is 3.31. The minimum atomic E-state index is -0.0468. The zero-order valence-electron chi connectivity index (χ0n) is 14.9. The summed E-state index contributed by atoms with van der Waals surface area (Å²) >= 11 is 1.79. The molecule has 2 aromatic rings. The molecule has 1 amide bonds. The van der Waals surface area contributed by atoms with E-state index in [1.807, 2.05) is 29.8 Å². The highest BCUT2D eigenvalue weighted by atomic mass is 32.1. The fourth-order valence-corrected chi connectivity index (χ4v) is 5.12. The lowest BCUT2D eigenvalue weighted by Crippen LogP contribution is -2.35. The molecule has 1 aliphatic carbocycles. The molecule has 2 atom stereocenters. The Labute approximate surface area is 152 Å². The van der Waals surface area contributed by atoms with E-state index in [-0.39, 0.29) is 17.7 Å². The number of amides is 1. The monoisotopic (exact) mass is 359 g/mol. The zero-order chi connectivity index (χ0) is 17.4. The number of hydrogen-bond donors (Lipinski definition) is 1. The molecular formula is C18H25N5OS. The lowest BCUT2D eigenvalue weighted by atomic mass is 9.92. The van der Waals surface area contributed by atoms with Crippen molar-refractivity contribution >= 4 is 17.2 Å². The predicted molar refractivity (Wildman–Crippen MR) is 97.5 cm³/mol. The van der Waals surface area contributed by atoms with Crippen LogP contribution in [-0.4, -0.2) is 45.5 Å². The van der Waals surface area contributed by atoms with Gasteiger partial charge in [-0.2, -0.15) is 0 Å². The van der Waals surface area contributed by atoms with E-state index in [2.05, 4.69) is 10.3 Å². The predicted octanol–water partition coefficient (Wildman–Crippen LogP) is 1.72. The fraction of sp³-hybridized carbons (Fsp3) is 0.611. The number of imidazole rings is 1. The van der Waals surface area contributed by atoms with Crippen molar-refractivity contribution in [2.45, 2.75) is 38.1 Å². The molecule has 0 bridgehead atoms. The quantitative estimate of drug-likeness (QED) is 0.903. The van der Waals surface area contributed by atoms with Gasteiger partial charge in [0.2, 0.25) is 5.91 Å². The second-order valence-electron chi connectivity index (χ2n) is 7.21. The summed E-state index contributed by atoms with van der Waals surface area (Å²) < 4.78 is 1.94. The van der Waals surface area contributed by atoms with Gasteiger partial charge in [-0.05, 0) is 25.7 Å². The van der Waals surface area contributed by atoms with E-state index in [4.69, 9.17) is 4.98 Å². The van der Waals surface area contributed by atoms with Crippen molar-refractivity contribution in [2.75, 3.05) is 20.1 Å². The number of fused-ring (bicyclic) bond motifs is 1. The molecule has 2 aliphatic rings. The molecule has 6 nitrogen and oxygen atoms in total. The number of aryl methyl sites for hydroxylation is 3. The summed E-state index contributed by atoms with van der Waals surface area (Å²) in [6.45, 7) is 2.15. The zero-order valence-corrected chi connectivity index (χ0v) is 15.7. The lowest BCUT2D eigenvalue weighted by Gasteiger charge is -2.23. The van der Waals surface area contributed by atoms with Gasteiger partial charge in [0, 0.05) is 44.2 Å².